The quantitative estimate of drug-likeness (QED) is 0.469. The van der Waals surface area contributed by atoms with Gasteiger partial charge in [-0.25, -0.2) is 4.79 Å². The summed E-state index contributed by atoms with van der Waals surface area (Å²) in [6.07, 6.45) is 1.64. The van der Waals surface area contributed by atoms with Crippen LogP contribution in [0.3, 0.4) is 0 Å². The van der Waals surface area contributed by atoms with Crippen molar-refractivity contribution in [3.8, 4) is 11.5 Å². The van der Waals surface area contributed by atoms with Gasteiger partial charge in [-0.15, -0.1) is 0 Å². The van der Waals surface area contributed by atoms with Crippen LogP contribution in [0.2, 0.25) is 0 Å². The second-order valence-corrected chi connectivity index (χ2v) is 6.64. The minimum atomic E-state index is -0.438. The predicted octanol–water partition coefficient (Wildman–Crippen LogP) is 4.86. The van der Waals surface area contributed by atoms with E-state index < -0.39 is 5.97 Å². The molecule has 0 radical (unpaired) electrons. The maximum atomic E-state index is 12.8. The minimum absolute atomic E-state index is 0.0389. The number of hydrogen-bond donors (Lipinski definition) is 1. The van der Waals surface area contributed by atoms with Crippen LogP contribution in [0.1, 0.15) is 10.4 Å². The predicted molar refractivity (Wildman–Crippen MR) is 115 cm³/mol. The van der Waals surface area contributed by atoms with Crippen molar-refractivity contribution in [3.63, 3.8) is 0 Å². The third-order valence-corrected chi connectivity index (χ3v) is 4.64. The number of hydrogen-bond acceptors (Lipinski definition) is 4. The van der Waals surface area contributed by atoms with E-state index in [0.29, 0.717) is 22.7 Å². The number of carbonyl (C=O) groups is 2. The number of aromatic nitrogens is 1. The highest BCUT2D eigenvalue weighted by atomic mass is 16.5. The van der Waals surface area contributed by atoms with Crippen molar-refractivity contribution < 1.29 is 19.1 Å². The lowest BCUT2D eigenvalue weighted by molar-refractivity contribution is -0.116. The second-order valence-electron chi connectivity index (χ2n) is 6.64. The van der Waals surface area contributed by atoms with Crippen molar-refractivity contribution in [2.45, 2.75) is 6.54 Å². The highest BCUT2D eigenvalue weighted by Crippen LogP contribution is 2.29. The minimum Gasteiger partial charge on any atom is -0.465 e. The number of nitrogens with zero attached hydrogens (tertiary/aromatic N) is 1. The first-order valence-electron chi connectivity index (χ1n) is 9.43. The Labute approximate surface area is 173 Å². The molecule has 1 heterocycles. The molecule has 1 N–H and O–H groups in total. The molecule has 0 saturated carbocycles. The average molecular weight is 400 g/mol. The number of benzene rings is 3. The second kappa shape index (κ2) is 8.53. The molecule has 6 heteroatoms. The molecule has 0 unspecified atom stereocenters. The molecule has 150 valence electrons. The maximum absolute atomic E-state index is 12.8. The number of methoxy groups -OCH3 is 1. The Bertz CT molecular complexity index is 1200. The van der Waals surface area contributed by atoms with Gasteiger partial charge in [-0.3, -0.25) is 4.79 Å². The topological polar surface area (TPSA) is 69.6 Å². The Hall–Kier alpha value is -4.06. The van der Waals surface area contributed by atoms with E-state index in [4.69, 9.17) is 9.47 Å². The molecule has 3 aromatic carbocycles. The molecule has 0 aliphatic carbocycles. The van der Waals surface area contributed by atoms with Crippen molar-refractivity contribution in [2.75, 3.05) is 12.4 Å². The van der Waals surface area contributed by atoms with Crippen molar-refractivity contribution in [2.24, 2.45) is 0 Å². The van der Waals surface area contributed by atoms with Crippen LogP contribution in [0.25, 0.3) is 10.9 Å². The average Bonchev–Trinajstić information content (AvgIpc) is 3.14. The number of rotatable bonds is 6. The van der Waals surface area contributed by atoms with E-state index in [-0.39, 0.29) is 12.5 Å². The van der Waals surface area contributed by atoms with Gasteiger partial charge in [-0.2, -0.15) is 0 Å². The summed E-state index contributed by atoms with van der Waals surface area (Å²) in [5, 5.41) is 3.64. The van der Waals surface area contributed by atoms with E-state index in [1.165, 1.54) is 7.11 Å². The normalized spacial score (nSPS) is 10.6. The molecule has 0 aliphatic heterocycles. The zero-order valence-electron chi connectivity index (χ0n) is 16.4. The Balaban J connectivity index is 1.56. The fourth-order valence-corrected chi connectivity index (χ4v) is 3.27. The number of anilines is 1. The Morgan fingerprint density at radius 1 is 0.900 bits per heavy atom. The zero-order valence-corrected chi connectivity index (χ0v) is 16.4. The fraction of sp³-hybridized carbons (Fsp3) is 0.0833. The van der Waals surface area contributed by atoms with E-state index in [2.05, 4.69) is 5.32 Å². The van der Waals surface area contributed by atoms with Gasteiger partial charge < -0.3 is 19.4 Å². The third-order valence-electron chi connectivity index (χ3n) is 4.64. The summed E-state index contributed by atoms with van der Waals surface area (Å²) in [5.41, 5.74) is 1.77. The summed E-state index contributed by atoms with van der Waals surface area (Å²) >= 11 is 0. The van der Waals surface area contributed by atoms with Gasteiger partial charge in [0.2, 0.25) is 5.91 Å². The summed E-state index contributed by atoms with van der Waals surface area (Å²) in [5.74, 6) is 0.547. The number of para-hydroxylation sites is 4. The fourth-order valence-electron chi connectivity index (χ4n) is 3.27. The zero-order chi connectivity index (χ0) is 20.9. The number of carbonyl (C=O) groups excluding carboxylic acids is 2. The molecule has 30 heavy (non-hydrogen) atoms. The number of esters is 1. The summed E-state index contributed by atoms with van der Waals surface area (Å²) in [7, 11) is 1.34. The Morgan fingerprint density at radius 2 is 1.60 bits per heavy atom. The van der Waals surface area contributed by atoms with Gasteiger partial charge in [0.1, 0.15) is 12.3 Å². The Morgan fingerprint density at radius 3 is 2.40 bits per heavy atom. The van der Waals surface area contributed by atoms with Gasteiger partial charge in [0.05, 0.1) is 18.4 Å². The van der Waals surface area contributed by atoms with Gasteiger partial charge in [0, 0.05) is 17.1 Å². The summed E-state index contributed by atoms with van der Waals surface area (Å²) in [4.78, 5) is 24.9. The standard InChI is InChI=1S/C24H20N2O4/c1-29-24(28)19-15-26(21-13-7-5-11-18(19)21)16-23(27)25-20-12-6-8-14-22(20)30-17-9-3-2-4-10-17/h2-15H,16H2,1H3,(H,25,27). The molecular formula is C24H20N2O4. The lowest BCUT2D eigenvalue weighted by Crippen LogP contribution is -2.18. The van der Waals surface area contributed by atoms with E-state index in [9.17, 15) is 9.59 Å². The summed E-state index contributed by atoms with van der Waals surface area (Å²) in [6, 6.07) is 24.0. The lowest BCUT2D eigenvalue weighted by atomic mass is 10.2. The van der Waals surface area contributed by atoms with Crippen LogP contribution in [0.4, 0.5) is 5.69 Å². The SMILES string of the molecule is COC(=O)c1cn(CC(=O)Nc2ccccc2Oc2ccccc2)c2ccccc12. The van der Waals surface area contributed by atoms with Crippen molar-refractivity contribution >= 4 is 28.5 Å². The highest BCUT2D eigenvalue weighted by Gasteiger charge is 2.17. The van der Waals surface area contributed by atoms with Gasteiger partial charge in [-0.05, 0) is 30.3 Å². The number of nitrogens with one attached hydrogen (secondary N) is 1. The van der Waals surface area contributed by atoms with Crippen LogP contribution < -0.4 is 10.1 Å². The number of ether oxygens (including phenoxy) is 2. The first kappa shape index (κ1) is 19.3. The van der Waals surface area contributed by atoms with Crippen LogP contribution in [-0.4, -0.2) is 23.6 Å². The first-order valence-corrected chi connectivity index (χ1v) is 9.43. The Kier molecular flexibility index (Phi) is 5.48. The van der Waals surface area contributed by atoms with Crippen molar-refractivity contribution in [1.82, 2.24) is 4.57 Å². The molecule has 0 saturated heterocycles. The van der Waals surface area contributed by atoms with Crippen LogP contribution in [0.5, 0.6) is 11.5 Å². The monoisotopic (exact) mass is 400 g/mol. The molecule has 0 atom stereocenters. The van der Waals surface area contributed by atoms with E-state index in [0.717, 1.165) is 10.9 Å². The molecule has 0 spiro atoms. The van der Waals surface area contributed by atoms with Crippen LogP contribution in [-0.2, 0) is 16.1 Å². The van der Waals surface area contributed by atoms with E-state index in [1.807, 2.05) is 66.7 Å². The molecule has 1 amide bonds. The van der Waals surface area contributed by atoms with E-state index in [1.54, 1.807) is 22.9 Å². The maximum Gasteiger partial charge on any atom is 0.340 e. The van der Waals surface area contributed by atoms with Gasteiger partial charge in [0.25, 0.3) is 0 Å². The molecule has 0 bridgehead atoms. The van der Waals surface area contributed by atoms with Crippen LogP contribution in [0, 0.1) is 0 Å². The summed E-state index contributed by atoms with van der Waals surface area (Å²) in [6.45, 7) is 0.0389. The van der Waals surface area contributed by atoms with Gasteiger partial charge >= 0.3 is 5.97 Å². The first-order chi connectivity index (χ1) is 14.7. The number of amides is 1. The largest absolute Gasteiger partial charge is 0.465 e. The van der Waals surface area contributed by atoms with Gasteiger partial charge in [-0.1, -0.05) is 48.5 Å². The van der Waals surface area contributed by atoms with Crippen molar-refractivity contribution in [3.05, 3.63) is 90.6 Å². The smallest absolute Gasteiger partial charge is 0.340 e. The van der Waals surface area contributed by atoms with Crippen LogP contribution >= 0.6 is 0 Å². The molecule has 0 fully saturated rings. The lowest BCUT2D eigenvalue weighted by Gasteiger charge is -2.13. The number of fused-ring (bicyclic) bond motifs is 1. The van der Waals surface area contributed by atoms with Crippen LogP contribution in [0.15, 0.2) is 85.1 Å². The molecule has 0 aliphatic rings. The van der Waals surface area contributed by atoms with Gasteiger partial charge in [0.15, 0.2) is 5.75 Å². The molecule has 4 aromatic rings. The van der Waals surface area contributed by atoms with Crippen molar-refractivity contribution in [1.29, 1.82) is 0 Å². The highest BCUT2D eigenvalue weighted by molar-refractivity contribution is 6.05. The molecular weight excluding hydrogens is 380 g/mol. The molecule has 4 rings (SSSR count). The van der Waals surface area contributed by atoms with E-state index >= 15 is 0 Å². The molecule has 6 nitrogen and oxygen atoms in total. The summed E-state index contributed by atoms with van der Waals surface area (Å²) < 4.78 is 12.5. The molecule has 1 aromatic heterocycles. The third kappa shape index (κ3) is 4.03.